The van der Waals surface area contributed by atoms with E-state index in [1.807, 2.05) is 30.3 Å². The summed E-state index contributed by atoms with van der Waals surface area (Å²) in [5.41, 5.74) is 1.05. The van der Waals surface area contributed by atoms with E-state index >= 15 is 0 Å². The van der Waals surface area contributed by atoms with Crippen molar-refractivity contribution in [3.8, 4) is 0 Å². The molecule has 0 fully saturated rings. The second kappa shape index (κ2) is 5.42. The van der Waals surface area contributed by atoms with E-state index in [-0.39, 0.29) is 11.9 Å². The summed E-state index contributed by atoms with van der Waals surface area (Å²) in [7, 11) is 0. The Morgan fingerprint density at radius 2 is 2.17 bits per heavy atom. The molecule has 2 aromatic rings. The van der Waals surface area contributed by atoms with E-state index in [1.54, 1.807) is 6.92 Å². The van der Waals surface area contributed by atoms with E-state index in [2.05, 4.69) is 9.97 Å². The van der Waals surface area contributed by atoms with Crippen LogP contribution < -0.4 is 0 Å². The van der Waals surface area contributed by atoms with Gasteiger partial charge < -0.3 is 14.9 Å². The van der Waals surface area contributed by atoms with Gasteiger partial charge in [-0.2, -0.15) is 0 Å². The zero-order valence-electron chi connectivity index (χ0n) is 9.87. The van der Waals surface area contributed by atoms with Gasteiger partial charge in [0.25, 0.3) is 0 Å². The van der Waals surface area contributed by atoms with Crippen LogP contribution in [0.3, 0.4) is 0 Å². The molecule has 6 nitrogen and oxygen atoms in total. The molecule has 0 aliphatic rings. The molecule has 0 spiro atoms. The Hall–Kier alpha value is -2.21. The Labute approximate surface area is 104 Å². The van der Waals surface area contributed by atoms with E-state index in [1.165, 1.54) is 6.20 Å². The van der Waals surface area contributed by atoms with Crippen LogP contribution in [0.15, 0.2) is 36.5 Å². The van der Waals surface area contributed by atoms with E-state index in [9.17, 15) is 10.1 Å². The molecule has 6 heteroatoms. The average Bonchev–Trinajstić information content (AvgIpc) is 2.87. The summed E-state index contributed by atoms with van der Waals surface area (Å²) in [5, 5.41) is 10.5. The second-order valence-electron chi connectivity index (χ2n) is 3.85. The molecular formula is C12H13N3O3. The third kappa shape index (κ3) is 2.92. The van der Waals surface area contributed by atoms with E-state index in [0.717, 1.165) is 5.56 Å². The van der Waals surface area contributed by atoms with Gasteiger partial charge >= 0.3 is 5.82 Å². The molecule has 0 saturated heterocycles. The van der Waals surface area contributed by atoms with E-state index in [4.69, 9.17) is 4.74 Å². The van der Waals surface area contributed by atoms with Gasteiger partial charge in [-0.3, -0.25) is 0 Å². The largest absolute Gasteiger partial charge is 0.364 e. The van der Waals surface area contributed by atoms with Crippen molar-refractivity contribution in [1.29, 1.82) is 0 Å². The highest BCUT2D eigenvalue weighted by Crippen LogP contribution is 2.17. The maximum atomic E-state index is 10.5. The summed E-state index contributed by atoms with van der Waals surface area (Å²) in [4.78, 5) is 16.5. The van der Waals surface area contributed by atoms with Gasteiger partial charge in [-0.25, -0.2) is 9.97 Å². The van der Waals surface area contributed by atoms with Crippen LogP contribution in [-0.2, 0) is 11.3 Å². The highest BCUT2D eigenvalue weighted by molar-refractivity contribution is 5.16. The summed E-state index contributed by atoms with van der Waals surface area (Å²) < 4.78 is 5.59. The van der Waals surface area contributed by atoms with Gasteiger partial charge in [0.05, 0.1) is 6.61 Å². The number of hydrogen-bond donors (Lipinski definition) is 1. The predicted octanol–water partition coefficient (Wildman–Crippen LogP) is 2.60. The van der Waals surface area contributed by atoms with Crippen molar-refractivity contribution in [2.45, 2.75) is 19.6 Å². The molecular weight excluding hydrogens is 234 g/mol. The number of H-pyrrole nitrogens is 1. The third-order valence-electron chi connectivity index (χ3n) is 2.51. The Kier molecular flexibility index (Phi) is 3.69. The van der Waals surface area contributed by atoms with Crippen molar-refractivity contribution in [2.24, 2.45) is 0 Å². The maximum Gasteiger partial charge on any atom is 0.340 e. The minimum absolute atomic E-state index is 0.125. The normalized spacial score (nSPS) is 12.3. The molecule has 1 atom stereocenters. The summed E-state index contributed by atoms with van der Waals surface area (Å²) >= 11 is 0. The van der Waals surface area contributed by atoms with E-state index in [0.29, 0.717) is 12.4 Å². The van der Waals surface area contributed by atoms with Gasteiger partial charge in [0.2, 0.25) is 5.82 Å². The highest BCUT2D eigenvalue weighted by Gasteiger charge is 2.16. The lowest BCUT2D eigenvalue weighted by atomic mass is 10.2. The first kappa shape index (κ1) is 12.3. The molecule has 1 heterocycles. The van der Waals surface area contributed by atoms with Gasteiger partial charge in [-0.05, 0) is 17.4 Å². The molecule has 0 aliphatic heterocycles. The van der Waals surface area contributed by atoms with Gasteiger partial charge in [0.15, 0.2) is 0 Å². The molecule has 1 aromatic heterocycles. The molecule has 0 aliphatic carbocycles. The van der Waals surface area contributed by atoms with Crippen molar-refractivity contribution >= 4 is 5.82 Å². The SMILES string of the molecule is CC(OCc1ccccc1)c1ncc([N+](=O)[O-])[nH]1. The molecule has 1 N–H and O–H groups in total. The van der Waals surface area contributed by atoms with Crippen LogP contribution in [0.5, 0.6) is 0 Å². The van der Waals surface area contributed by atoms with Crippen LogP contribution in [0.4, 0.5) is 5.82 Å². The van der Waals surface area contributed by atoms with Crippen LogP contribution in [-0.4, -0.2) is 14.9 Å². The van der Waals surface area contributed by atoms with Gasteiger partial charge in [0, 0.05) is 0 Å². The molecule has 0 saturated carbocycles. The quantitative estimate of drug-likeness (QED) is 0.650. The molecule has 94 valence electrons. The van der Waals surface area contributed by atoms with Gasteiger partial charge in [-0.15, -0.1) is 0 Å². The second-order valence-corrected chi connectivity index (χ2v) is 3.85. The first-order valence-corrected chi connectivity index (χ1v) is 5.51. The number of nitrogens with one attached hydrogen (secondary N) is 1. The van der Waals surface area contributed by atoms with Crippen LogP contribution in [0.25, 0.3) is 0 Å². The number of aromatic amines is 1. The maximum absolute atomic E-state index is 10.5. The van der Waals surface area contributed by atoms with Gasteiger partial charge in [0.1, 0.15) is 12.3 Å². The number of nitro groups is 1. The van der Waals surface area contributed by atoms with Crippen molar-refractivity contribution in [3.05, 3.63) is 58.0 Å². The topological polar surface area (TPSA) is 81.1 Å². The molecule has 0 bridgehead atoms. The molecule has 1 unspecified atom stereocenters. The first-order valence-electron chi connectivity index (χ1n) is 5.51. The monoisotopic (exact) mass is 247 g/mol. The summed E-state index contributed by atoms with van der Waals surface area (Å²) in [5.74, 6) is 0.331. The van der Waals surface area contributed by atoms with Crippen molar-refractivity contribution in [1.82, 2.24) is 9.97 Å². The smallest absolute Gasteiger partial charge is 0.340 e. The van der Waals surface area contributed by atoms with Gasteiger partial charge in [-0.1, -0.05) is 30.3 Å². The number of benzene rings is 1. The highest BCUT2D eigenvalue weighted by atomic mass is 16.6. The van der Waals surface area contributed by atoms with Crippen LogP contribution in [0, 0.1) is 10.1 Å². The summed E-state index contributed by atoms with van der Waals surface area (Å²) in [6, 6.07) is 9.71. The molecule has 0 radical (unpaired) electrons. The Morgan fingerprint density at radius 1 is 1.44 bits per heavy atom. The van der Waals surface area contributed by atoms with E-state index < -0.39 is 4.92 Å². The summed E-state index contributed by atoms with van der Waals surface area (Å²) in [6.07, 6.45) is 0.872. The molecule has 0 amide bonds. The fraction of sp³-hybridized carbons (Fsp3) is 0.250. The molecule has 18 heavy (non-hydrogen) atoms. The van der Waals surface area contributed by atoms with Crippen molar-refractivity contribution in [2.75, 3.05) is 0 Å². The fourth-order valence-electron chi connectivity index (χ4n) is 1.50. The lowest BCUT2D eigenvalue weighted by Crippen LogP contribution is -2.02. The standard InChI is InChI=1S/C12H13N3O3/c1-9(12-13-7-11(14-12)15(16)17)18-8-10-5-3-2-4-6-10/h2-7,9H,8H2,1H3,(H,13,14). The number of nitrogens with zero attached hydrogens (tertiary/aromatic N) is 2. The van der Waals surface area contributed by atoms with Crippen molar-refractivity contribution < 1.29 is 9.66 Å². The first-order chi connectivity index (χ1) is 8.66. The lowest BCUT2D eigenvalue weighted by Gasteiger charge is -2.08. The minimum Gasteiger partial charge on any atom is -0.364 e. The lowest BCUT2D eigenvalue weighted by molar-refractivity contribution is -0.389. The zero-order valence-corrected chi connectivity index (χ0v) is 9.87. The number of hydrogen-bond acceptors (Lipinski definition) is 4. The zero-order chi connectivity index (χ0) is 13.0. The predicted molar refractivity (Wildman–Crippen MR) is 64.9 cm³/mol. The Balaban J connectivity index is 1.95. The van der Waals surface area contributed by atoms with Crippen LogP contribution in [0.2, 0.25) is 0 Å². The number of aromatic nitrogens is 2. The third-order valence-corrected chi connectivity index (χ3v) is 2.51. The number of rotatable bonds is 5. The minimum atomic E-state index is -0.513. The van der Waals surface area contributed by atoms with Crippen molar-refractivity contribution in [3.63, 3.8) is 0 Å². The summed E-state index contributed by atoms with van der Waals surface area (Å²) in [6.45, 7) is 2.24. The average molecular weight is 247 g/mol. The number of imidazole rings is 1. The fourth-order valence-corrected chi connectivity index (χ4v) is 1.50. The number of ether oxygens (including phenoxy) is 1. The molecule has 1 aromatic carbocycles. The Bertz CT molecular complexity index is 524. The van der Waals surface area contributed by atoms with Crippen LogP contribution >= 0.6 is 0 Å². The molecule has 2 rings (SSSR count). The van der Waals surface area contributed by atoms with Crippen LogP contribution in [0.1, 0.15) is 24.4 Å². The Morgan fingerprint density at radius 3 is 2.78 bits per heavy atom.